The SMILES string of the molecule is CCCN(CCCC(=O)Nc1ccc(N)cc1C)C(C)C. The molecule has 4 heteroatoms. The Balaban J connectivity index is 2.40. The summed E-state index contributed by atoms with van der Waals surface area (Å²) in [5.74, 6) is 0.0723. The van der Waals surface area contributed by atoms with Gasteiger partial charge in [-0.15, -0.1) is 0 Å². The number of rotatable bonds is 8. The highest BCUT2D eigenvalue weighted by atomic mass is 16.1. The number of carbonyl (C=O) groups is 1. The molecule has 4 nitrogen and oxygen atoms in total. The molecule has 0 fully saturated rings. The lowest BCUT2D eigenvalue weighted by atomic mass is 10.1. The van der Waals surface area contributed by atoms with Crippen molar-refractivity contribution in [2.24, 2.45) is 0 Å². The zero-order valence-corrected chi connectivity index (χ0v) is 13.8. The van der Waals surface area contributed by atoms with Gasteiger partial charge in [-0.05, 0) is 70.5 Å². The maximum Gasteiger partial charge on any atom is 0.224 e. The number of hydrogen-bond donors (Lipinski definition) is 2. The summed E-state index contributed by atoms with van der Waals surface area (Å²) in [6, 6.07) is 6.08. The first-order chi connectivity index (χ1) is 9.93. The van der Waals surface area contributed by atoms with Crippen LogP contribution in [-0.2, 0) is 4.79 Å². The molecule has 0 heterocycles. The first-order valence-electron chi connectivity index (χ1n) is 7.84. The Bertz CT molecular complexity index is 457. The standard InChI is InChI=1S/C17H29N3O/c1-5-10-20(13(2)3)11-6-7-17(21)19-16-9-8-15(18)12-14(16)4/h8-9,12-13H,5-7,10-11,18H2,1-4H3,(H,19,21). The maximum atomic E-state index is 12.0. The molecule has 0 atom stereocenters. The van der Waals surface area contributed by atoms with Gasteiger partial charge in [0.15, 0.2) is 0 Å². The topological polar surface area (TPSA) is 58.4 Å². The van der Waals surface area contributed by atoms with Crippen molar-refractivity contribution >= 4 is 17.3 Å². The van der Waals surface area contributed by atoms with Crippen molar-refractivity contribution in [1.29, 1.82) is 0 Å². The van der Waals surface area contributed by atoms with Gasteiger partial charge in [0.2, 0.25) is 5.91 Å². The molecule has 1 aromatic rings. The van der Waals surface area contributed by atoms with E-state index in [2.05, 4.69) is 31.0 Å². The molecule has 1 aromatic carbocycles. The Morgan fingerprint density at radius 2 is 2.05 bits per heavy atom. The van der Waals surface area contributed by atoms with Crippen LogP contribution in [0.25, 0.3) is 0 Å². The summed E-state index contributed by atoms with van der Waals surface area (Å²) >= 11 is 0. The van der Waals surface area contributed by atoms with Gasteiger partial charge in [-0.25, -0.2) is 0 Å². The fourth-order valence-electron chi connectivity index (χ4n) is 2.40. The fourth-order valence-corrected chi connectivity index (χ4v) is 2.40. The van der Waals surface area contributed by atoms with Gasteiger partial charge in [-0.3, -0.25) is 4.79 Å². The van der Waals surface area contributed by atoms with E-state index in [0.29, 0.717) is 12.5 Å². The average Bonchev–Trinajstić information content (AvgIpc) is 2.41. The molecule has 0 bridgehead atoms. The van der Waals surface area contributed by atoms with Crippen molar-refractivity contribution in [3.05, 3.63) is 23.8 Å². The number of nitrogens with zero attached hydrogens (tertiary/aromatic N) is 1. The minimum Gasteiger partial charge on any atom is -0.399 e. The predicted octanol–water partition coefficient (Wildman–Crippen LogP) is 3.42. The molecule has 0 unspecified atom stereocenters. The van der Waals surface area contributed by atoms with Crippen molar-refractivity contribution in [1.82, 2.24) is 4.90 Å². The van der Waals surface area contributed by atoms with Crippen LogP contribution >= 0.6 is 0 Å². The molecule has 3 N–H and O–H groups in total. The summed E-state index contributed by atoms with van der Waals surface area (Å²) in [5.41, 5.74) is 8.28. The van der Waals surface area contributed by atoms with E-state index in [1.165, 1.54) is 0 Å². The van der Waals surface area contributed by atoms with Crippen LogP contribution in [0.3, 0.4) is 0 Å². The molecule has 0 aliphatic rings. The summed E-state index contributed by atoms with van der Waals surface area (Å²) in [5, 5.41) is 2.96. The number of nitrogen functional groups attached to an aromatic ring is 1. The Kier molecular flexibility index (Phi) is 7.23. The number of anilines is 2. The van der Waals surface area contributed by atoms with Gasteiger partial charge in [-0.1, -0.05) is 6.92 Å². The first kappa shape index (κ1) is 17.5. The monoisotopic (exact) mass is 291 g/mol. The number of aryl methyl sites for hydroxylation is 1. The molecular weight excluding hydrogens is 262 g/mol. The highest BCUT2D eigenvalue weighted by molar-refractivity contribution is 5.91. The third-order valence-electron chi connectivity index (χ3n) is 3.61. The van der Waals surface area contributed by atoms with Crippen LogP contribution in [0.1, 0.15) is 45.6 Å². The van der Waals surface area contributed by atoms with Gasteiger partial charge in [0.1, 0.15) is 0 Å². The second-order valence-corrected chi connectivity index (χ2v) is 5.86. The van der Waals surface area contributed by atoms with Crippen LogP contribution in [-0.4, -0.2) is 29.9 Å². The summed E-state index contributed by atoms with van der Waals surface area (Å²) in [6.07, 6.45) is 2.59. The van der Waals surface area contributed by atoms with E-state index in [1.807, 2.05) is 25.1 Å². The molecule has 0 radical (unpaired) electrons. The number of nitrogens with two attached hydrogens (primary N) is 1. The smallest absolute Gasteiger partial charge is 0.224 e. The van der Waals surface area contributed by atoms with Gasteiger partial charge in [-0.2, -0.15) is 0 Å². The van der Waals surface area contributed by atoms with Crippen molar-refractivity contribution in [2.75, 3.05) is 24.1 Å². The van der Waals surface area contributed by atoms with E-state index in [9.17, 15) is 4.79 Å². The van der Waals surface area contributed by atoms with E-state index in [0.717, 1.165) is 42.9 Å². The molecule has 0 aliphatic heterocycles. The highest BCUT2D eigenvalue weighted by Crippen LogP contribution is 2.18. The van der Waals surface area contributed by atoms with Crippen molar-refractivity contribution in [3.63, 3.8) is 0 Å². The van der Waals surface area contributed by atoms with Gasteiger partial charge in [0.05, 0.1) is 0 Å². The van der Waals surface area contributed by atoms with E-state index >= 15 is 0 Å². The van der Waals surface area contributed by atoms with Crippen LogP contribution in [0.5, 0.6) is 0 Å². The second kappa shape index (κ2) is 8.67. The average molecular weight is 291 g/mol. The number of benzene rings is 1. The summed E-state index contributed by atoms with van der Waals surface area (Å²) in [6.45, 7) is 10.6. The number of nitrogens with one attached hydrogen (secondary N) is 1. The minimum atomic E-state index is 0.0723. The molecule has 0 saturated heterocycles. The fraction of sp³-hybridized carbons (Fsp3) is 0.588. The molecular formula is C17H29N3O. The number of amides is 1. The largest absolute Gasteiger partial charge is 0.399 e. The molecule has 1 rings (SSSR count). The molecule has 0 aliphatic carbocycles. The third-order valence-corrected chi connectivity index (χ3v) is 3.61. The van der Waals surface area contributed by atoms with E-state index in [1.54, 1.807) is 0 Å². The van der Waals surface area contributed by atoms with Gasteiger partial charge in [0, 0.05) is 23.8 Å². The quantitative estimate of drug-likeness (QED) is 0.722. The highest BCUT2D eigenvalue weighted by Gasteiger charge is 2.10. The van der Waals surface area contributed by atoms with Gasteiger partial charge >= 0.3 is 0 Å². The Hall–Kier alpha value is -1.55. The van der Waals surface area contributed by atoms with Gasteiger partial charge in [0.25, 0.3) is 0 Å². The lowest BCUT2D eigenvalue weighted by molar-refractivity contribution is -0.116. The van der Waals surface area contributed by atoms with Crippen LogP contribution in [0.2, 0.25) is 0 Å². The molecule has 0 spiro atoms. The maximum absolute atomic E-state index is 12.0. The summed E-state index contributed by atoms with van der Waals surface area (Å²) in [4.78, 5) is 14.4. The van der Waals surface area contributed by atoms with Crippen LogP contribution in [0, 0.1) is 6.92 Å². The van der Waals surface area contributed by atoms with Crippen LogP contribution in [0.15, 0.2) is 18.2 Å². The van der Waals surface area contributed by atoms with E-state index in [4.69, 9.17) is 5.73 Å². The Morgan fingerprint density at radius 3 is 2.62 bits per heavy atom. The number of hydrogen-bond acceptors (Lipinski definition) is 3. The molecule has 21 heavy (non-hydrogen) atoms. The molecule has 1 amide bonds. The van der Waals surface area contributed by atoms with Crippen molar-refractivity contribution in [2.45, 2.75) is 53.0 Å². The predicted molar refractivity (Wildman–Crippen MR) is 90.5 cm³/mol. The zero-order valence-electron chi connectivity index (χ0n) is 13.8. The molecule has 0 saturated carbocycles. The molecule has 118 valence electrons. The lowest BCUT2D eigenvalue weighted by Crippen LogP contribution is -2.33. The molecule has 0 aromatic heterocycles. The summed E-state index contributed by atoms with van der Waals surface area (Å²) in [7, 11) is 0. The van der Waals surface area contributed by atoms with E-state index in [-0.39, 0.29) is 5.91 Å². The second-order valence-electron chi connectivity index (χ2n) is 5.86. The summed E-state index contributed by atoms with van der Waals surface area (Å²) < 4.78 is 0. The van der Waals surface area contributed by atoms with Crippen molar-refractivity contribution in [3.8, 4) is 0 Å². The van der Waals surface area contributed by atoms with E-state index < -0.39 is 0 Å². The third kappa shape index (κ3) is 6.17. The van der Waals surface area contributed by atoms with Gasteiger partial charge < -0.3 is 16.0 Å². The minimum absolute atomic E-state index is 0.0723. The first-order valence-corrected chi connectivity index (χ1v) is 7.84. The Labute approximate surface area is 128 Å². The Morgan fingerprint density at radius 1 is 1.33 bits per heavy atom. The van der Waals surface area contributed by atoms with Crippen molar-refractivity contribution < 1.29 is 4.79 Å². The lowest BCUT2D eigenvalue weighted by Gasteiger charge is -2.25. The normalized spacial score (nSPS) is 11.1. The number of carbonyl (C=O) groups excluding carboxylic acids is 1. The zero-order chi connectivity index (χ0) is 15.8. The van der Waals surface area contributed by atoms with Crippen LogP contribution < -0.4 is 11.1 Å². The van der Waals surface area contributed by atoms with Crippen LogP contribution in [0.4, 0.5) is 11.4 Å².